The quantitative estimate of drug-likeness (QED) is 0.660. The van der Waals surface area contributed by atoms with Crippen LogP contribution in [0.5, 0.6) is 0 Å². The predicted octanol–water partition coefficient (Wildman–Crippen LogP) is 0.619. The van der Waals surface area contributed by atoms with Crippen molar-refractivity contribution in [3.05, 3.63) is 24.5 Å². The highest BCUT2D eigenvalue weighted by atomic mass is 15.2. The second kappa shape index (κ2) is 3.11. The van der Waals surface area contributed by atoms with E-state index in [0.29, 0.717) is 6.04 Å². The van der Waals surface area contributed by atoms with Crippen LogP contribution in [0.3, 0.4) is 0 Å². The van der Waals surface area contributed by atoms with Crippen LogP contribution in [0.2, 0.25) is 0 Å². The Bertz CT molecular complexity index is 247. The van der Waals surface area contributed by atoms with Gasteiger partial charge in [-0.15, -0.1) is 0 Å². The SMILES string of the molecule is N[C@@H]1CCN(c2ccncc2)C1. The molecule has 2 N–H and O–H groups in total. The summed E-state index contributed by atoms with van der Waals surface area (Å²) >= 11 is 0. The summed E-state index contributed by atoms with van der Waals surface area (Å²) in [7, 11) is 0. The second-order valence-electron chi connectivity index (χ2n) is 3.20. The van der Waals surface area contributed by atoms with Gasteiger partial charge in [0.25, 0.3) is 0 Å². The molecule has 12 heavy (non-hydrogen) atoms. The highest BCUT2D eigenvalue weighted by Gasteiger charge is 2.18. The van der Waals surface area contributed by atoms with Crippen molar-refractivity contribution in [2.45, 2.75) is 12.5 Å². The van der Waals surface area contributed by atoms with E-state index in [0.717, 1.165) is 19.5 Å². The Morgan fingerprint density at radius 2 is 2.17 bits per heavy atom. The predicted molar refractivity (Wildman–Crippen MR) is 49.0 cm³/mol. The fourth-order valence-corrected chi connectivity index (χ4v) is 1.58. The zero-order valence-electron chi connectivity index (χ0n) is 6.98. The highest BCUT2D eigenvalue weighted by molar-refractivity contribution is 5.45. The summed E-state index contributed by atoms with van der Waals surface area (Å²) in [6.45, 7) is 2.05. The lowest BCUT2D eigenvalue weighted by molar-refractivity contribution is 0.752. The standard InChI is InChI=1S/C9H13N3/c10-8-3-6-12(7-8)9-1-4-11-5-2-9/h1-2,4-5,8H,3,6-7,10H2/t8-/m1/s1. The van der Waals surface area contributed by atoms with Crippen molar-refractivity contribution in [2.24, 2.45) is 5.73 Å². The van der Waals surface area contributed by atoms with E-state index in [-0.39, 0.29) is 0 Å². The summed E-state index contributed by atoms with van der Waals surface area (Å²) in [6.07, 6.45) is 4.74. The van der Waals surface area contributed by atoms with Gasteiger partial charge >= 0.3 is 0 Å². The number of nitrogens with two attached hydrogens (primary N) is 1. The Hall–Kier alpha value is -1.09. The highest BCUT2D eigenvalue weighted by Crippen LogP contribution is 2.17. The third-order valence-electron chi connectivity index (χ3n) is 2.25. The molecule has 1 aromatic rings. The summed E-state index contributed by atoms with van der Waals surface area (Å²) < 4.78 is 0. The van der Waals surface area contributed by atoms with Crippen molar-refractivity contribution in [1.29, 1.82) is 0 Å². The first-order valence-electron chi connectivity index (χ1n) is 4.27. The van der Waals surface area contributed by atoms with Gasteiger partial charge in [0.1, 0.15) is 0 Å². The van der Waals surface area contributed by atoms with Gasteiger partial charge in [0, 0.05) is 37.2 Å². The molecule has 0 bridgehead atoms. The van der Waals surface area contributed by atoms with Crippen LogP contribution >= 0.6 is 0 Å². The van der Waals surface area contributed by atoms with Crippen LogP contribution in [0.1, 0.15) is 6.42 Å². The number of pyridine rings is 1. The maximum absolute atomic E-state index is 5.81. The maximum atomic E-state index is 5.81. The van der Waals surface area contributed by atoms with E-state index in [1.807, 2.05) is 24.5 Å². The molecule has 3 heteroatoms. The van der Waals surface area contributed by atoms with E-state index < -0.39 is 0 Å². The summed E-state index contributed by atoms with van der Waals surface area (Å²) in [5.74, 6) is 0. The van der Waals surface area contributed by atoms with Gasteiger partial charge < -0.3 is 10.6 Å². The van der Waals surface area contributed by atoms with E-state index in [9.17, 15) is 0 Å². The van der Waals surface area contributed by atoms with Crippen molar-refractivity contribution in [3.8, 4) is 0 Å². The molecule has 3 nitrogen and oxygen atoms in total. The lowest BCUT2D eigenvalue weighted by atomic mass is 10.3. The molecular weight excluding hydrogens is 150 g/mol. The number of hydrogen-bond acceptors (Lipinski definition) is 3. The Labute approximate surface area is 72.2 Å². The lowest BCUT2D eigenvalue weighted by Crippen LogP contribution is -2.26. The van der Waals surface area contributed by atoms with Gasteiger partial charge in [-0.3, -0.25) is 4.98 Å². The van der Waals surface area contributed by atoms with Gasteiger partial charge in [-0.2, -0.15) is 0 Å². The van der Waals surface area contributed by atoms with Crippen LogP contribution in [0.4, 0.5) is 5.69 Å². The summed E-state index contributed by atoms with van der Waals surface area (Å²) in [5.41, 5.74) is 7.04. The Balaban J connectivity index is 2.11. The van der Waals surface area contributed by atoms with Crippen LogP contribution in [0.15, 0.2) is 24.5 Å². The molecule has 1 atom stereocenters. The Morgan fingerprint density at radius 1 is 1.42 bits per heavy atom. The van der Waals surface area contributed by atoms with Gasteiger partial charge in [-0.05, 0) is 18.6 Å². The molecule has 0 aliphatic carbocycles. The van der Waals surface area contributed by atoms with Gasteiger partial charge in [0.2, 0.25) is 0 Å². The largest absolute Gasteiger partial charge is 0.370 e. The van der Waals surface area contributed by atoms with Crippen molar-refractivity contribution in [2.75, 3.05) is 18.0 Å². The molecule has 1 saturated heterocycles. The number of rotatable bonds is 1. The van der Waals surface area contributed by atoms with Crippen molar-refractivity contribution >= 4 is 5.69 Å². The molecule has 0 radical (unpaired) electrons. The minimum absolute atomic E-state index is 0.346. The third-order valence-corrected chi connectivity index (χ3v) is 2.25. The van der Waals surface area contributed by atoms with E-state index in [1.54, 1.807) is 0 Å². The van der Waals surface area contributed by atoms with Gasteiger partial charge in [-0.25, -0.2) is 0 Å². The molecule has 2 rings (SSSR count). The summed E-state index contributed by atoms with van der Waals surface area (Å²) in [4.78, 5) is 6.28. The molecular formula is C9H13N3. The van der Waals surface area contributed by atoms with Crippen LogP contribution in [0.25, 0.3) is 0 Å². The Morgan fingerprint density at radius 3 is 2.75 bits per heavy atom. The number of aromatic nitrogens is 1. The van der Waals surface area contributed by atoms with E-state index in [1.165, 1.54) is 5.69 Å². The lowest BCUT2D eigenvalue weighted by Gasteiger charge is -2.16. The first-order valence-corrected chi connectivity index (χ1v) is 4.27. The number of anilines is 1. The molecule has 0 aromatic carbocycles. The van der Waals surface area contributed by atoms with E-state index in [2.05, 4.69) is 9.88 Å². The third kappa shape index (κ3) is 1.41. The maximum Gasteiger partial charge on any atom is 0.0397 e. The zero-order chi connectivity index (χ0) is 8.39. The van der Waals surface area contributed by atoms with Gasteiger partial charge in [-0.1, -0.05) is 0 Å². The normalized spacial score (nSPS) is 23.1. The minimum atomic E-state index is 0.346. The van der Waals surface area contributed by atoms with Crippen molar-refractivity contribution in [1.82, 2.24) is 4.98 Å². The topological polar surface area (TPSA) is 42.1 Å². The average molecular weight is 163 g/mol. The first kappa shape index (κ1) is 7.55. The first-order chi connectivity index (χ1) is 5.86. The molecule has 0 spiro atoms. The van der Waals surface area contributed by atoms with Gasteiger partial charge in [0.05, 0.1) is 0 Å². The second-order valence-corrected chi connectivity index (χ2v) is 3.20. The van der Waals surface area contributed by atoms with Gasteiger partial charge in [0.15, 0.2) is 0 Å². The fourth-order valence-electron chi connectivity index (χ4n) is 1.58. The molecule has 1 aromatic heterocycles. The average Bonchev–Trinajstić information content (AvgIpc) is 2.54. The summed E-state index contributed by atoms with van der Waals surface area (Å²) in [6, 6.07) is 4.40. The zero-order valence-corrected chi connectivity index (χ0v) is 6.98. The van der Waals surface area contributed by atoms with Crippen LogP contribution in [-0.4, -0.2) is 24.1 Å². The number of hydrogen-bond donors (Lipinski definition) is 1. The molecule has 0 saturated carbocycles. The molecule has 2 heterocycles. The van der Waals surface area contributed by atoms with Crippen LogP contribution < -0.4 is 10.6 Å². The van der Waals surface area contributed by atoms with E-state index in [4.69, 9.17) is 5.73 Å². The smallest absolute Gasteiger partial charge is 0.0397 e. The Kier molecular flexibility index (Phi) is 1.96. The molecule has 0 amide bonds. The summed E-state index contributed by atoms with van der Waals surface area (Å²) in [5, 5.41) is 0. The molecule has 1 aliphatic heterocycles. The van der Waals surface area contributed by atoms with Crippen LogP contribution in [0, 0.1) is 0 Å². The monoisotopic (exact) mass is 163 g/mol. The minimum Gasteiger partial charge on any atom is -0.370 e. The molecule has 1 aliphatic rings. The fraction of sp³-hybridized carbons (Fsp3) is 0.444. The molecule has 0 unspecified atom stereocenters. The molecule has 1 fully saturated rings. The van der Waals surface area contributed by atoms with E-state index >= 15 is 0 Å². The number of nitrogens with zero attached hydrogens (tertiary/aromatic N) is 2. The van der Waals surface area contributed by atoms with Crippen LogP contribution in [-0.2, 0) is 0 Å². The van der Waals surface area contributed by atoms with Crippen molar-refractivity contribution < 1.29 is 0 Å². The van der Waals surface area contributed by atoms with Crippen molar-refractivity contribution in [3.63, 3.8) is 0 Å². The molecule has 64 valence electrons.